The lowest BCUT2D eigenvalue weighted by Gasteiger charge is -2.06. The molecule has 1 rings (SSSR count). The third-order valence-electron chi connectivity index (χ3n) is 1.54. The highest BCUT2D eigenvalue weighted by atomic mass is 79.9. The molecule has 0 aromatic heterocycles. The number of benzene rings is 1. The molecule has 0 bridgehead atoms. The minimum atomic E-state index is 0.0190. The monoisotopic (exact) mass is 246 g/mol. The molecule has 3 nitrogen and oxygen atoms in total. The summed E-state index contributed by atoms with van der Waals surface area (Å²) in [5, 5.41) is 8.89. The fourth-order valence-corrected chi connectivity index (χ4v) is 1.36. The summed E-state index contributed by atoms with van der Waals surface area (Å²) in [5.41, 5.74) is 0.838. The maximum absolute atomic E-state index is 8.89. The standard InChI is InChI=1S/C9H11BrO3/c1-12-6-13-8-3-2-7(5-11)9(10)4-8/h2-4,11H,5-6H2,1H3. The van der Waals surface area contributed by atoms with Crippen molar-refractivity contribution in [3.05, 3.63) is 28.2 Å². The molecule has 0 saturated heterocycles. The number of hydrogen-bond donors (Lipinski definition) is 1. The molecule has 1 N–H and O–H groups in total. The van der Waals surface area contributed by atoms with E-state index < -0.39 is 0 Å². The highest BCUT2D eigenvalue weighted by Crippen LogP contribution is 2.22. The van der Waals surface area contributed by atoms with Gasteiger partial charge in [-0.2, -0.15) is 0 Å². The van der Waals surface area contributed by atoms with E-state index in [1.807, 2.05) is 0 Å². The molecule has 0 aliphatic rings. The van der Waals surface area contributed by atoms with Gasteiger partial charge in [0.1, 0.15) is 5.75 Å². The smallest absolute Gasteiger partial charge is 0.188 e. The zero-order valence-electron chi connectivity index (χ0n) is 7.29. The van der Waals surface area contributed by atoms with E-state index in [9.17, 15) is 0 Å². The van der Waals surface area contributed by atoms with Gasteiger partial charge in [-0.3, -0.25) is 0 Å². The summed E-state index contributed by atoms with van der Waals surface area (Å²) in [6.07, 6.45) is 0. The second-order valence-electron chi connectivity index (χ2n) is 2.46. The van der Waals surface area contributed by atoms with Crippen molar-refractivity contribution in [1.29, 1.82) is 0 Å². The number of aliphatic hydroxyl groups excluding tert-OH is 1. The Morgan fingerprint density at radius 1 is 1.46 bits per heavy atom. The summed E-state index contributed by atoms with van der Waals surface area (Å²) >= 11 is 3.32. The predicted octanol–water partition coefficient (Wildman–Crippen LogP) is 1.92. The minimum absolute atomic E-state index is 0.0190. The van der Waals surface area contributed by atoms with Gasteiger partial charge in [0, 0.05) is 11.6 Å². The van der Waals surface area contributed by atoms with Crippen LogP contribution in [0.25, 0.3) is 0 Å². The molecule has 0 saturated carbocycles. The van der Waals surface area contributed by atoms with Gasteiger partial charge in [-0.15, -0.1) is 0 Å². The molecule has 4 heteroatoms. The van der Waals surface area contributed by atoms with E-state index in [1.54, 1.807) is 25.3 Å². The molecule has 13 heavy (non-hydrogen) atoms. The molecule has 1 aromatic rings. The van der Waals surface area contributed by atoms with Gasteiger partial charge in [0.2, 0.25) is 0 Å². The molecule has 72 valence electrons. The molecule has 0 aliphatic heterocycles. The van der Waals surface area contributed by atoms with Crippen molar-refractivity contribution in [2.45, 2.75) is 6.61 Å². The average molecular weight is 247 g/mol. The Morgan fingerprint density at radius 2 is 2.23 bits per heavy atom. The van der Waals surface area contributed by atoms with Gasteiger partial charge < -0.3 is 14.6 Å². The fraction of sp³-hybridized carbons (Fsp3) is 0.333. The van der Waals surface area contributed by atoms with Crippen LogP contribution in [-0.2, 0) is 11.3 Å². The Balaban J connectivity index is 2.71. The topological polar surface area (TPSA) is 38.7 Å². The molecular weight excluding hydrogens is 236 g/mol. The summed E-state index contributed by atoms with van der Waals surface area (Å²) in [5.74, 6) is 0.714. The van der Waals surface area contributed by atoms with Gasteiger partial charge in [0.15, 0.2) is 6.79 Å². The lowest BCUT2D eigenvalue weighted by Crippen LogP contribution is -1.99. The Morgan fingerprint density at radius 3 is 2.77 bits per heavy atom. The number of aliphatic hydroxyl groups is 1. The summed E-state index contributed by atoms with van der Waals surface area (Å²) in [4.78, 5) is 0. The minimum Gasteiger partial charge on any atom is -0.468 e. The van der Waals surface area contributed by atoms with Crippen LogP contribution in [0.4, 0.5) is 0 Å². The fourth-order valence-electron chi connectivity index (χ4n) is 0.873. The molecule has 0 amide bonds. The highest BCUT2D eigenvalue weighted by molar-refractivity contribution is 9.10. The summed E-state index contributed by atoms with van der Waals surface area (Å²) in [6, 6.07) is 5.38. The van der Waals surface area contributed by atoms with E-state index in [4.69, 9.17) is 14.6 Å². The number of rotatable bonds is 4. The van der Waals surface area contributed by atoms with Crippen LogP contribution in [0, 0.1) is 0 Å². The highest BCUT2D eigenvalue weighted by Gasteiger charge is 2.00. The largest absolute Gasteiger partial charge is 0.468 e. The first-order chi connectivity index (χ1) is 6.27. The van der Waals surface area contributed by atoms with Gasteiger partial charge in [0.25, 0.3) is 0 Å². The Labute approximate surface area is 85.4 Å². The second-order valence-corrected chi connectivity index (χ2v) is 3.32. The Kier molecular flexibility index (Phi) is 4.21. The van der Waals surface area contributed by atoms with Crippen molar-refractivity contribution in [3.63, 3.8) is 0 Å². The maximum Gasteiger partial charge on any atom is 0.188 e. The predicted molar refractivity (Wildman–Crippen MR) is 52.6 cm³/mol. The molecule has 0 spiro atoms. The molecule has 0 aliphatic carbocycles. The molecular formula is C9H11BrO3. The van der Waals surface area contributed by atoms with E-state index in [1.165, 1.54) is 0 Å². The Bertz CT molecular complexity index is 276. The Hall–Kier alpha value is -0.580. The zero-order chi connectivity index (χ0) is 9.68. The normalized spacial score (nSPS) is 10.1. The molecule has 0 unspecified atom stereocenters. The molecule has 1 aromatic carbocycles. The number of halogens is 1. The first-order valence-electron chi connectivity index (χ1n) is 3.79. The van der Waals surface area contributed by atoms with Crippen LogP contribution in [-0.4, -0.2) is 19.0 Å². The summed E-state index contributed by atoms with van der Waals surface area (Å²) in [7, 11) is 1.57. The lowest BCUT2D eigenvalue weighted by atomic mass is 10.2. The number of ether oxygens (including phenoxy) is 2. The lowest BCUT2D eigenvalue weighted by molar-refractivity contribution is 0.0510. The quantitative estimate of drug-likeness (QED) is 0.826. The first-order valence-corrected chi connectivity index (χ1v) is 4.58. The average Bonchev–Trinajstić information content (AvgIpc) is 2.15. The van der Waals surface area contributed by atoms with Crippen molar-refractivity contribution in [3.8, 4) is 5.75 Å². The molecule has 0 fully saturated rings. The third kappa shape index (κ3) is 2.99. The van der Waals surface area contributed by atoms with Crippen LogP contribution in [0.2, 0.25) is 0 Å². The molecule has 0 heterocycles. The van der Waals surface area contributed by atoms with Crippen LogP contribution < -0.4 is 4.74 Å². The van der Waals surface area contributed by atoms with Crippen molar-refractivity contribution >= 4 is 15.9 Å². The van der Waals surface area contributed by atoms with E-state index in [-0.39, 0.29) is 13.4 Å². The van der Waals surface area contributed by atoms with Crippen molar-refractivity contribution < 1.29 is 14.6 Å². The summed E-state index contributed by atoms with van der Waals surface area (Å²) in [6.45, 7) is 0.246. The van der Waals surface area contributed by atoms with Crippen LogP contribution in [0.3, 0.4) is 0 Å². The number of hydrogen-bond acceptors (Lipinski definition) is 3. The number of methoxy groups -OCH3 is 1. The van der Waals surface area contributed by atoms with E-state index >= 15 is 0 Å². The van der Waals surface area contributed by atoms with Gasteiger partial charge >= 0.3 is 0 Å². The molecule has 0 radical (unpaired) electrons. The van der Waals surface area contributed by atoms with Crippen LogP contribution in [0.15, 0.2) is 22.7 Å². The van der Waals surface area contributed by atoms with Gasteiger partial charge in [-0.1, -0.05) is 22.0 Å². The van der Waals surface area contributed by atoms with Crippen molar-refractivity contribution in [2.75, 3.05) is 13.9 Å². The van der Waals surface area contributed by atoms with E-state index in [0.29, 0.717) is 5.75 Å². The SMILES string of the molecule is COCOc1ccc(CO)c(Br)c1. The van der Waals surface area contributed by atoms with E-state index in [0.717, 1.165) is 10.0 Å². The third-order valence-corrected chi connectivity index (χ3v) is 2.28. The van der Waals surface area contributed by atoms with Gasteiger partial charge in [-0.05, 0) is 17.7 Å². The first kappa shape index (κ1) is 10.5. The molecule has 0 atom stereocenters. The summed E-state index contributed by atoms with van der Waals surface area (Å²) < 4.78 is 10.8. The van der Waals surface area contributed by atoms with E-state index in [2.05, 4.69) is 15.9 Å². The van der Waals surface area contributed by atoms with Crippen molar-refractivity contribution in [2.24, 2.45) is 0 Å². The van der Waals surface area contributed by atoms with Crippen LogP contribution in [0.5, 0.6) is 5.75 Å². The zero-order valence-corrected chi connectivity index (χ0v) is 8.87. The van der Waals surface area contributed by atoms with Gasteiger partial charge in [-0.25, -0.2) is 0 Å². The van der Waals surface area contributed by atoms with Gasteiger partial charge in [0.05, 0.1) is 6.61 Å². The second kappa shape index (κ2) is 5.21. The van der Waals surface area contributed by atoms with Crippen LogP contribution >= 0.6 is 15.9 Å². The van der Waals surface area contributed by atoms with Crippen LogP contribution in [0.1, 0.15) is 5.56 Å². The maximum atomic E-state index is 8.89. The van der Waals surface area contributed by atoms with Crippen molar-refractivity contribution in [1.82, 2.24) is 0 Å².